The van der Waals surface area contributed by atoms with Crippen LogP contribution < -0.4 is 5.73 Å². The fraction of sp³-hybridized carbons (Fsp3) is 0.417. The van der Waals surface area contributed by atoms with Crippen molar-refractivity contribution in [2.75, 3.05) is 6.54 Å². The minimum absolute atomic E-state index is 0.214. The Bertz CT molecular complexity index is 481. The third-order valence-corrected chi connectivity index (χ3v) is 3.50. The van der Waals surface area contributed by atoms with Crippen molar-refractivity contribution in [1.82, 2.24) is 0 Å². The first kappa shape index (κ1) is 9.51. The van der Waals surface area contributed by atoms with Crippen LogP contribution in [-0.4, -0.2) is 12.5 Å². The molecule has 4 heteroatoms. The van der Waals surface area contributed by atoms with Crippen molar-refractivity contribution < 1.29 is 4.79 Å². The standard InChI is InChI=1S/C12H13N3O/c13-12(16)8-3-4-10-7(5-8)1-2-9-6-14-15-11(9)10/h3-5,9,11H,1-2,6H2,(H2,13,16). The summed E-state index contributed by atoms with van der Waals surface area (Å²) in [7, 11) is 0. The van der Waals surface area contributed by atoms with Gasteiger partial charge in [0.25, 0.3) is 0 Å². The van der Waals surface area contributed by atoms with E-state index < -0.39 is 0 Å². The molecule has 2 N–H and O–H groups in total. The van der Waals surface area contributed by atoms with Gasteiger partial charge in [-0.05, 0) is 36.1 Å². The molecule has 3 rings (SSSR count). The molecular weight excluding hydrogens is 202 g/mol. The number of benzene rings is 1. The van der Waals surface area contributed by atoms with Crippen molar-refractivity contribution in [2.45, 2.75) is 18.9 Å². The summed E-state index contributed by atoms with van der Waals surface area (Å²) in [6.07, 6.45) is 2.11. The van der Waals surface area contributed by atoms with E-state index in [0.717, 1.165) is 19.4 Å². The first-order valence-electron chi connectivity index (χ1n) is 5.55. The van der Waals surface area contributed by atoms with Crippen LogP contribution in [0, 0.1) is 5.92 Å². The number of carbonyl (C=O) groups excluding carboxylic acids is 1. The van der Waals surface area contributed by atoms with Crippen molar-refractivity contribution >= 4 is 5.91 Å². The average Bonchev–Trinajstić information content (AvgIpc) is 2.76. The molecule has 4 nitrogen and oxygen atoms in total. The lowest BCUT2D eigenvalue weighted by Crippen LogP contribution is -2.19. The highest BCUT2D eigenvalue weighted by molar-refractivity contribution is 5.93. The molecule has 1 amide bonds. The molecule has 82 valence electrons. The third-order valence-electron chi connectivity index (χ3n) is 3.50. The minimum atomic E-state index is -0.363. The summed E-state index contributed by atoms with van der Waals surface area (Å²) >= 11 is 0. The summed E-state index contributed by atoms with van der Waals surface area (Å²) in [6, 6.07) is 5.89. The van der Waals surface area contributed by atoms with Gasteiger partial charge in [-0.15, -0.1) is 0 Å². The summed E-state index contributed by atoms with van der Waals surface area (Å²) in [6.45, 7) is 0.849. The Hall–Kier alpha value is -1.71. The van der Waals surface area contributed by atoms with Crippen LogP contribution in [0.4, 0.5) is 0 Å². The van der Waals surface area contributed by atoms with E-state index in [2.05, 4.69) is 10.2 Å². The second-order valence-electron chi connectivity index (χ2n) is 4.46. The van der Waals surface area contributed by atoms with E-state index in [4.69, 9.17) is 5.73 Å². The zero-order chi connectivity index (χ0) is 11.1. The Kier molecular flexibility index (Phi) is 2.02. The summed E-state index contributed by atoms with van der Waals surface area (Å²) in [5.41, 5.74) is 8.29. The summed E-state index contributed by atoms with van der Waals surface area (Å²) < 4.78 is 0. The highest BCUT2D eigenvalue weighted by Gasteiger charge is 2.32. The van der Waals surface area contributed by atoms with Gasteiger partial charge in [0.2, 0.25) is 5.91 Å². The van der Waals surface area contributed by atoms with Crippen molar-refractivity contribution in [3.05, 3.63) is 34.9 Å². The van der Waals surface area contributed by atoms with Crippen molar-refractivity contribution in [1.29, 1.82) is 0 Å². The molecule has 1 aromatic carbocycles. The SMILES string of the molecule is NC(=O)c1ccc2c(c1)CCC1CN=NC21. The van der Waals surface area contributed by atoms with E-state index in [1.165, 1.54) is 11.1 Å². The number of nitrogens with two attached hydrogens (primary N) is 1. The molecular formula is C12H13N3O. The molecule has 0 fully saturated rings. The quantitative estimate of drug-likeness (QED) is 0.763. The predicted octanol–water partition coefficient (Wildman–Crippen LogP) is 1.85. The Labute approximate surface area is 93.6 Å². The van der Waals surface area contributed by atoms with Gasteiger partial charge in [-0.25, -0.2) is 0 Å². The van der Waals surface area contributed by atoms with E-state index in [9.17, 15) is 4.79 Å². The molecule has 0 bridgehead atoms. The highest BCUT2D eigenvalue weighted by atomic mass is 16.1. The van der Waals surface area contributed by atoms with Crippen LogP contribution in [0.25, 0.3) is 0 Å². The van der Waals surface area contributed by atoms with Crippen LogP contribution in [0.2, 0.25) is 0 Å². The molecule has 16 heavy (non-hydrogen) atoms. The molecule has 0 saturated carbocycles. The number of rotatable bonds is 1. The topological polar surface area (TPSA) is 67.8 Å². The fourth-order valence-electron chi connectivity index (χ4n) is 2.60. The first-order valence-corrected chi connectivity index (χ1v) is 5.55. The number of primary amides is 1. The van der Waals surface area contributed by atoms with E-state index >= 15 is 0 Å². The first-order chi connectivity index (χ1) is 7.75. The van der Waals surface area contributed by atoms with Gasteiger partial charge in [0.05, 0.1) is 6.54 Å². The van der Waals surface area contributed by atoms with Crippen LogP contribution >= 0.6 is 0 Å². The van der Waals surface area contributed by atoms with Gasteiger partial charge < -0.3 is 5.73 Å². The molecule has 1 aromatic rings. The monoisotopic (exact) mass is 215 g/mol. The summed E-state index contributed by atoms with van der Waals surface area (Å²) in [5, 5.41) is 8.40. The number of hydrogen-bond acceptors (Lipinski definition) is 3. The largest absolute Gasteiger partial charge is 0.366 e. The Morgan fingerprint density at radius 2 is 2.31 bits per heavy atom. The molecule has 1 heterocycles. The molecule has 1 aliphatic heterocycles. The molecule has 0 saturated heterocycles. The Morgan fingerprint density at radius 3 is 3.12 bits per heavy atom. The minimum Gasteiger partial charge on any atom is -0.366 e. The van der Waals surface area contributed by atoms with Gasteiger partial charge in [0.1, 0.15) is 6.04 Å². The van der Waals surface area contributed by atoms with Crippen LogP contribution in [-0.2, 0) is 6.42 Å². The van der Waals surface area contributed by atoms with Gasteiger partial charge in [0.15, 0.2) is 0 Å². The molecule has 2 unspecified atom stereocenters. The lowest BCUT2D eigenvalue weighted by atomic mass is 9.80. The fourth-order valence-corrected chi connectivity index (χ4v) is 2.60. The van der Waals surface area contributed by atoms with E-state index in [-0.39, 0.29) is 11.9 Å². The Morgan fingerprint density at radius 1 is 1.44 bits per heavy atom. The maximum absolute atomic E-state index is 11.1. The summed E-state index contributed by atoms with van der Waals surface area (Å²) in [4.78, 5) is 11.1. The van der Waals surface area contributed by atoms with Gasteiger partial charge in [0, 0.05) is 11.5 Å². The van der Waals surface area contributed by atoms with Crippen molar-refractivity contribution in [2.24, 2.45) is 21.9 Å². The van der Waals surface area contributed by atoms with Crippen molar-refractivity contribution in [3.8, 4) is 0 Å². The van der Waals surface area contributed by atoms with E-state index in [1.54, 1.807) is 6.07 Å². The maximum atomic E-state index is 11.1. The van der Waals surface area contributed by atoms with Crippen molar-refractivity contribution in [3.63, 3.8) is 0 Å². The van der Waals surface area contributed by atoms with Gasteiger partial charge >= 0.3 is 0 Å². The van der Waals surface area contributed by atoms with E-state index in [0.29, 0.717) is 11.5 Å². The van der Waals surface area contributed by atoms with Gasteiger partial charge in [-0.1, -0.05) is 6.07 Å². The van der Waals surface area contributed by atoms with Crippen LogP contribution in [0.15, 0.2) is 28.4 Å². The predicted molar refractivity (Wildman–Crippen MR) is 59.2 cm³/mol. The molecule has 0 radical (unpaired) electrons. The van der Waals surface area contributed by atoms with E-state index in [1.807, 2.05) is 12.1 Å². The van der Waals surface area contributed by atoms with Crippen LogP contribution in [0.1, 0.15) is 33.9 Å². The second-order valence-corrected chi connectivity index (χ2v) is 4.46. The molecule has 2 aliphatic rings. The molecule has 0 spiro atoms. The lowest BCUT2D eigenvalue weighted by Gasteiger charge is -2.25. The number of aryl methyl sites for hydroxylation is 1. The molecule has 0 aromatic heterocycles. The normalized spacial score (nSPS) is 26.2. The third kappa shape index (κ3) is 1.33. The average molecular weight is 215 g/mol. The number of fused-ring (bicyclic) bond motifs is 3. The number of azo groups is 1. The zero-order valence-corrected chi connectivity index (χ0v) is 8.89. The second kappa shape index (κ2) is 3.40. The Balaban J connectivity index is 2.05. The van der Waals surface area contributed by atoms with Crippen LogP contribution in [0.3, 0.4) is 0 Å². The molecule has 1 aliphatic carbocycles. The zero-order valence-electron chi connectivity index (χ0n) is 8.89. The van der Waals surface area contributed by atoms with Crippen LogP contribution in [0.5, 0.6) is 0 Å². The molecule has 2 atom stereocenters. The number of hydrogen-bond donors (Lipinski definition) is 1. The number of carbonyl (C=O) groups is 1. The van der Waals surface area contributed by atoms with Gasteiger partial charge in [-0.2, -0.15) is 10.2 Å². The smallest absolute Gasteiger partial charge is 0.248 e. The highest BCUT2D eigenvalue weighted by Crippen LogP contribution is 2.40. The van der Waals surface area contributed by atoms with Gasteiger partial charge in [-0.3, -0.25) is 4.79 Å². The maximum Gasteiger partial charge on any atom is 0.248 e. The number of nitrogens with zero attached hydrogens (tertiary/aromatic N) is 2. The lowest BCUT2D eigenvalue weighted by molar-refractivity contribution is 0.1000. The summed E-state index contributed by atoms with van der Waals surface area (Å²) in [5.74, 6) is 0.199. The number of amides is 1.